The molecule has 0 aromatic carbocycles. The SMILES string of the molecule is OCC(F)(F)F.OCc1ccco1. The topological polar surface area (TPSA) is 53.6 Å². The molecule has 0 aliphatic rings. The minimum absolute atomic E-state index is 0.00694. The van der Waals surface area contributed by atoms with Crippen LogP contribution in [0.5, 0.6) is 0 Å². The van der Waals surface area contributed by atoms with E-state index in [0.717, 1.165) is 0 Å². The molecule has 1 aromatic heterocycles. The quantitative estimate of drug-likeness (QED) is 0.715. The number of alkyl halides is 3. The normalized spacial score (nSPS) is 10.5. The fraction of sp³-hybridized carbons (Fsp3) is 0.429. The molecule has 3 nitrogen and oxygen atoms in total. The number of furan rings is 1. The molecule has 0 aliphatic heterocycles. The zero-order valence-corrected chi connectivity index (χ0v) is 6.58. The number of aliphatic hydroxyl groups excluding tert-OH is 2. The average Bonchev–Trinajstić information content (AvgIpc) is 2.56. The number of halogens is 3. The second-order valence-electron chi connectivity index (χ2n) is 2.01. The van der Waals surface area contributed by atoms with Gasteiger partial charge in [-0.25, -0.2) is 0 Å². The monoisotopic (exact) mass is 198 g/mol. The van der Waals surface area contributed by atoms with Gasteiger partial charge in [-0.3, -0.25) is 0 Å². The predicted octanol–water partition coefficient (Wildman–Crippen LogP) is 1.31. The van der Waals surface area contributed by atoms with Gasteiger partial charge in [-0.2, -0.15) is 13.2 Å². The number of rotatable bonds is 1. The van der Waals surface area contributed by atoms with Gasteiger partial charge in [0.2, 0.25) is 0 Å². The first-order valence-electron chi connectivity index (χ1n) is 3.30. The summed E-state index contributed by atoms with van der Waals surface area (Å²) in [6.45, 7) is -1.74. The van der Waals surface area contributed by atoms with Gasteiger partial charge in [0.15, 0.2) is 0 Å². The van der Waals surface area contributed by atoms with Crippen LogP contribution >= 0.6 is 0 Å². The molecule has 2 N–H and O–H groups in total. The Kier molecular flexibility index (Phi) is 5.17. The standard InChI is InChI=1S/C5H6O2.C2H3F3O/c6-4-5-2-1-3-7-5;3-2(4,5)1-6/h1-3,6H,4H2;6H,1H2. The highest BCUT2D eigenvalue weighted by atomic mass is 19.4. The molecular formula is C7H9F3O3. The van der Waals surface area contributed by atoms with E-state index in [0.29, 0.717) is 5.76 Å². The van der Waals surface area contributed by atoms with Gasteiger partial charge >= 0.3 is 6.18 Å². The van der Waals surface area contributed by atoms with Gasteiger partial charge in [0.1, 0.15) is 19.0 Å². The largest absolute Gasteiger partial charge is 0.467 e. The second kappa shape index (κ2) is 5.60. The lowest BCUT2D eigenvalue weighted by molar-refractivity contribution is -0.159. The Labute approximate surface area is 72.4 Å². The molecule has 0 spiro atoms. The van der Waals surface area contributed by atoms with Crippen LogP contribution in [0, 0.1) is 0 Å². The predicted molar refractivity (Wildman–Crippen MR) is 37.8 cm³/mol. The van der Waals surface area contributed by atoms with Crippen molar-refractivity contribution in [3.05, 3.63) is 24.2 Å². The van der Waals surface area contributed by atoms with Crippen molar-refractivity contribution in [3.63, 3.8) is 0 Å². The first-order chi connectivity index (χ1) is 5.99. The summed E-state index contributed by atoms with van der Waals surface area (Å²) in [6, 6.07) is 3.46. The molecule has 0 atom stereocenters. The highest BCUT2D eigenvalue weighted by Gasteiger charge is 2.24. The van der Waals surface area contributed by atoms with Crippen LogP contribution in [0.1, 0.15) is 5.76 Å². The van der Waals surface area contributed by atoms with Gasteiger partial charge in [0.05, 0.1) is 6.26 Å². The van der Waals surface area contributed by atoms with Crippen molar-refractivity contribution in [1.82, 2.24) is 0 Å². The number of aliphatic hydroxyl groups is 2. The lowest BCUT2D eigenvalue weighted by Crippen LogP contribution is -2.12. The Morgan fingerprint density at radius 3 is 2.00 bits per heavy atom. The molecule has 6 heteroatoms. The summed E-state index contributed by atoms with van der Waals surface area (Å²) in [7, 11) is 0. The van der Waals surface area contributed by atoms with Gasteiger partial charge in [0.25, 0.3) is 0 Å². The summed E-state index contributed by atoms with van der Waals surface area (Å²) in [5.74, 6) is 0.611. The van der Waals surface area contributed by atoms with E-state index in [1.165, 1.54) is 6.26 Å². The Balaban J connectivity index is 0.000000226. The van der Waals surface area contributed by atoms with Crippen LogP contribution in [0.15, 0.2) is 22.8 Å². The van der Waals surface area contributed by atoms with Crippen molar-refractivity contribution >= 4 is 0 Å². The summed E-state index contributed by atoms with van der Waals surface area (Å²) in [5, 5.41) is 15.6. The first-order valence-corrected chi connectivity index (χ1v) is 3.30. The number of hydrogen-bond acceptors (Lipinski definition) is 3. The van der Waals surface area contributed by atoms with Crippen molar-refractivity contribution < 1.29 is 27.8 Å². The smallest absolute Gasteiger partial charge is 0.411 e. The molecule has 0 saturated heterocycles. The van der Waals surface area contributed by atoms with E-state index in [4.69, 9.17) is 14.6 Å². The third-order valence-electron chi connectivity index (χ3n) is 0.915. The molecule has 76 valence electrons. The molecule has 13 heavy (non-hydrogen) atoms. The van der Waals surface area contributed by atoms with Crippen molar-refractivity contribution in [2.24, 2.45) is 0 Å². The van der Waals surface area contributed by atoms with Gasteiger partial charge < -0.3 is 14.6 Å². The van der Waals surface area contributed by atoms with Crippen molar-refractivity contribution in [2.45, 2.75) is 12.8 Å². The van der Waals surface area contributed by atoms with Crippen molar-refractivity contribution in [2.75, 3.05) is 6.61 Å². The van der Waals surface area contributed by atoms with Crippen LogP contribution in [-0.4, -0.2) is 23.0 Å². The molecule has 0 amide bonds. The van der Waals surface area contributed by atoms with Crippen LogP contribution in [0.4, 0.5) is 13.2 Å². The van der Waals surface area contributed by atoms with Crippen LogP contribution in [0.25, 0.3) is 0 Å². The third-order valence-corrected chi connectivity index (χ3v) is 0.915. The highest BCUT2D eigenvalue weighted by molar-refractivity contribution is 4.95. The minimum atomic E-state index is -4.40. The Morgan fingerprint density at radius 1 is 1.31 bits per heavy atom. The van der Waals surface area contributed by atoms with E-state index >= 15 is 0 Å². The van der Waals surface area contributed by atoms with Crippen molar-refractivity contribution in [3.8, 4) is 0 Å². The van der Waals surface area contributed by atoms with Crippen LogP contribution in [-0.2, 0) is 6.61 Å². The molecule has 0 bridgehead atoms. The minimum Gasteiger partial charge on any atom is -0.467 e. The zero-order valence-electron chi connectivity index (χ0n) is 6.58. The average molecular weight is 198 g/mol. The first kappa shape index (κ1) is 12.0. The fourth-order valence-electron chi connectivity index (χ4n) is 0.403. The van der Waals surface area contributed by atoms with Gasteiger partial charge in [-0.05, 0) is 12.1 Å². The van der Waals surface area contributed by atoms with E-state index in [2.05, 4.69) is 0 Å². The summed E-state index contributed by atoms with van der Waals surface area (Å²) in [5.41, 5.74) is 0. The third kappa shape index (κ3) is 7.35. The second-order valence-corrected chi connectivity index (χ2v) is 2.01. The van der Waals surface area contributed by atoms with Gasteiger partial charge in [-0.15, -0.1) is 0 Å². The van der Waals surface area contributed by atoms with E-state index in [9.17, 15) is 13.2 Å². The Morgan fingerprint density at radius 2 is 1.85 bits per heavy atom. The van der Waals surface area contributed by atoms with Crippen LogP contribution in [0.2, 0.25) is 0 Å². The summed E-state index contributed by atoms with van der Waals surface area (Å²) < 4.78 is 36.3. The molecular weight excluding hydrogens is 189 g/mol. The summed E-state index contributed by atoms with van der Waals surface area (Å²) >= 11 is 0. The molecule has 1 heterocycles. The van der Waals surface area contributed by atoms with Gasteiger partial charge in [-0.1, -0.05) is 0 Å². The van der Waals surface area contributed by atoms with Crippen LogP contribution in [0.3, 0.4) is 0 Å². The molecule has 0 unspecified atom stereocenters. The Hall–Kier alpha value is -1.01. The van der Waals surface area contributed by atoms with E-state index in [-0.39, 0.29) is 6.61 Å². The summed E-state index contributed by atoms with van der Waals surface area (Å²) in [4.78, 5) is 0. The maximum Gasteiger partial charge on any atom is 0.411 e. The van der Waals surface area contributed by atoms with Crippen LogP contribution < -0.4 is 0 Å². The Bertz CT molecular complexity index is 205. The molecule has 0 saturated carbocycles. The zero-order chi connectivity index (χ0) is 10.3. The number of hydrogen-bond donors (Lipinski definition) is 2. The molecule has 0 radical (unpaired) electrons. The van der Waals surface area contributed by atoms with E-state index < -0.39 is 12.8 Å². The maximum absolute atomic E-state index is 10.5. The summed E-state index contributed by atoms with van der Waals surface area (Å²) in [6.07, 6.45) is -2.87. The lowest BCUT2D eigenvalue weighted by atomic mass is 10.5. The molecule has 1 aromatic rings. The highest BCUT2D eigenvalue weighted by Crippen LogP contribution is 2.11. The fourth-order valence-corrected chi connectivity index (χ4v) is 0.403. The molecule has 0 aliphatic carbocycles. The van der Waals surface area contributed by atoms with E-state index in [1.807, 2.05) is 0 Å². The maximum atomic E-state index is 10.5. The lowest BCUT2D eigenvalue weighted by Gasteiger charge is -1.95. The molecule has 0 fully saturated rings. The van der Waals surface area contributed by atoms with Gasteiger partial charge in [0, 0.05) is 0 Å². The molecule has 1 rings (SSSR count). The van der Waals surface area contributed by atoms with Crippen molar-refractivity contribution in [1.29, 1.82) is 0 Å². The van der Waals surface area contributed by atoms with E-state index in [1.54, 1.807) is 12.1 Å².